The summed E-state index contributed by atoms with van der Waals surface area (Å²) in [6.45, 7) is 1.96. The monoisotopic (exact) mass is 374 g/mol. The molecule has 0 aliphatic rings. The van der Waals surface area contributed by atoms with Gasteiger partial charge in [-0.05, 0) is 37.3 Å². The lowest BCUT2D eigenvalue weighted by Crippen LogP contribution is -2.14. The summed E-state index contributed by atoms with van der Waals surface area (Å²) >= 11 is 3.45. The summed E-state index contributed by atoms with van der Waals surface area (Å²) in [5.74, 6) is 0.859. The minimum Gasteiger partial charge on any atom is -0.481 e. The van der Waals surface area contributed by atoms with Gasteiger partial charge in [0.1, 0.15) is 11.6 Å². The average molecular weight is 375 g/mol. The number of rotatable bonds is 5. The molecule has 0 radical (unpaired) electrons. The summed E-state index contributed by atoms with van der Waals surface area (Å²) in [5.41, 5.74) is 2.59. The molecular formula is C17H15BrN2O3. The number of carbonyl (C=O) groups excluding carboxylic acids is 1. The number of hydrogen-bond donors (Lipinski definition) is 1. The summed E-state index contributed by atoms with van der Waals surface area (Å²) in [5, 5.41) is 0. The number of nitrogens with one attached hydrogen (secondary N) is 1. The third-order valence-corrected chi connectivity index (χ3v) is 3.73. The second-order valence-electron chi connectivity index (χ2n) is 4.84. The zero-order chi connectivity index (χ0) is 16.2. The van der Waals surface area contributed by atoms with Crippen molar-refractivity contribution in [3.63, 3.8) is 0 Å². The number of aromatic nitrogens is 2. The maximum atomic E-state index is 11.5. The van der Waals surface area contributed by atoms with Crippen LogP contribution in [-0.2, 0) is 9.53 Å². The maximum Gasteiger partial charge on any atom is 0.344 e. The van der Waals surface area contributed by atoms with Gasteiger partial charge < -0.3 is 14.5 Å². The molecule has 0 saturated carbocycles. The number of H-pyrrole nitrogens is 1. The van der Waals surface area contributed by atoms with Gasteiger partial charge in [0.2, 0.25) is 0 Å². The van der Waals surface area contributed by atoms with E-state index in [2.05, 4.69) is 25.9 Å². The van der Waals surface area contributed by atoms with Gasteiger partial charge in [-0.2, -0.15) is 0 Å². The molecule has 118 valence electrons. The topological polar surface area (TPSA) is 64.2 Å². The lowest BCUT2D eigenvalue weighted by atomic mass is 10.2. The molecule has 0 fully saturated rings. The lowest BCUT2D eigenvalue weighted by molar-refractivity contribution is -0.145. The normalized spacial score (nSPS) is 10.7. The first-order valence-corrected chi connectivity index (χ1v) is 7.99. The van der Waals surface area contributed by atoms with E-state index in [1.807, 2.05) is 36.4 Å². The third kappa shape index (κ3) is 3.53. The average Bonchev–Trinajstić information content (AvgIpc) is 2.98. The lowest BCUT2D eigenvalue weighted by Gasteiger charge is -2.10. The van der Waals surface area contributed by atoms with E-state index in [9.17, 15) is 4.79 Å². The fourth-order valence-electron chi connectivity index (χ4n) is 2.23. The SMILES string of the molecule is CCOC(=O)COc1ccc(Br)cc1-c1nc2ccccc2[nH]1. The number of aromatic amines is 1. The van der Waals surface area contributed by atoms with Crippen LogP contribution in [0.1, 0.15) is 6.92 Å². The van der Waals surface area contributed by atoms with Gasteiger partial charge in [0.15, 0.2) is 6.61 Å². The number of carbonyl (C=O) groups is 1. The first-order chi connectivity index (χ1) is 11.2. The van der Waals surface area contributed by atoms with E-state index in [-0.39, 0.29) is 6.61 Å². The molecule has 2 aromatic carbocycles. The van der Waals surface area contributed by atoms with Crippen molar-refractivity contribution in [2.75, 3.05) is 13.2 Å². The predicted octanol–water partition coefficient (Wildman–Crippen LogP) is 3.93. The van der Waals surface area contributed by atoms with Crippen LogP contribution in [-0.4, -0.2) is 29.2 Å². The largest absolute Gasteiger partial charge is 0.481 e. The van der Waals surface area contributed by atoms with Gasteiger partial charge >= 0.3 is 5.97 Å². The van der Waals surface area contributed by atoms with Gasteiger partial charge in [0.05, 0.1) is 23.2 Å². The number of imidazole rings is 1. The van der Waals surface area contributed by atoms with E-state index < -0.39 is 5.97 Å². The summed E-state index contributed by atoms with van der Waals surface area (Å²) < 4.78 is 11.4. The highest BCUT2D eigenvalue weighted by Gasteiger charge is 2.13. The number of hydrogen-bond acceptors (Lipinski definition) is 4. The Morgan fingerprint density at radius 2 is 2.09 bits per heavy atom. The van der Waals surface area contributed by atoms with E-state index in [0.717, 1.165) is 21.1 Å². The summed E-state index contributed by atoms with van der Waals surface area (Å²) in [6, 6.07) is 13.3. The number of benzene rings is 2. The van der Waals surface area contributed by atoms with Crippen molar-refractivity contribution in [2.24, 2.45) is 0 Å². The Labute approximate surface area is 141 Å². The highest BCUT2D eigenvalue weighted by atomic mass is 79.9. The molecule has 0 aliphatic heterocycles. The quantitative estimate of drug-likeness (QED) is 0.687. The van der Waals surface area contributed by atoms with E-state index in [4.69, 9.17) is 9.47 Å². The van der Waals surface area contributed by atoms with Gasteiger partial charge in [-0.15, -0.1) is 0 Å². The highest BCUT2D eigenvalue weighted by Crippen LogP contribution is 2.32. The number of para-hydroxylation sites is 2. The molecule has 0 amide bonds. The molecule has 0 atom stereocenters. The molecule has 0 aliphatic carbocycles. The van der Waals surface area contributed by atoms with Crippen LogP contribution >= 0.6 is 15.9 Å². The van der Waals surface area contributed by atoms with Crippen LogP contribution in [0.5, 0.6) is 5.75 Å². The molecule has 5 nitrogen and oxygen atoms in total. The molecule has 0 saturated heterocycles. The van der Waals surface area contributed by atoms with Crippen LogP contribution in [0.3, 0.4) is 0 Å². The minimum atomic E-state index is -0.397. The Morgan fingerprint density at radius 3 is 2.87 bits per heavy atom. The van der Waals surface area contributed by atoms with Crippen molar-refractivity contribution in [1.29, 1.82) is 0 Å². The molecule has 0 unspecified atom stereocenters. The van der Waals surface area contributed by atoms with E-state index in [1.54, 1.807) is 13.0 Å². The molecule has 23 heavy (non-hydrogen) atoms. The molecule has 3 rings (SSSR count). The first kappa shape index (κ1) is 15.6. The fourth-order valence-corrected chi connectivity index (χ4v) is 2.59. The van der Waals surface area contributed by atoms with Gasteiger partial charge in [-0.3, -0.25) is 0 Å². The maximum absolute atomic E-state index is 11.5. The molecular weight excluding hydrogens is 360 g/mol. The van der Waals surface area contributed by atoms with Gasteiger partial charge in [-0.1, -0.05) is 28.1 Å². The van der Waals surface area contributed by atoms with Crippen molar-refractivity contribution in [1.82, 2.24) is 9.97 Å². The van der Waals surface area contributed by atoms with E-state index in [0.29, 0.717) is 18.2 Å². The van der Waals surface area contributed by atoms with Crippen LogP contribution in [0.4, 0.5) is 0 Å². The van der Waals surface area contributed by atoms with Crippen LogP contribution in [0.15, 0.2) is 46.9 Å². The van der Waals surface area contributed by atoms with Crippen molar-refractivity contribution >= 4 is 32.9 Å². The van der Waals surface area contributed by atoms with Gasteiger partial charge in [0.25, 0.3) is 0 Å². The zero-order valence-corrected chi connectivity index (χ0v) is 14.1. The molecule has 0 bridgehead atoms. The molecule has 1 N–H and O–H groups in total. The summed E-state index contributed by atoms with van der Waals surface area (Å²) in [7, 11) is 0. The molecule has 3 aromatic rings. The van der Waals surface area contributed by atoms with Gasteiger partial charge in [-0.25, -0.2) is 9.78 Å². The smallest absolute Gasteiger partial charge is 0.344 e. The molecule has 1 aromatic heterocycles. The minimum absolute atomic E-state index is 0.136. The van der Waals surface area contributed by atoms with E-state index >= 15 is 0 Å². The van der Waals surface area contributed by atoms with Crippen LogP contribution in [0.25, 0.3) is 22.4 Å². The number of ether oxygens (including phenoxy) is 2. The summed E-state index contributed by atoms with van der Waals surface area (Å²) in [6.07, 6.45) is 0. The molecule has 1 heterocycles. The summed E-state index contributed by atoms with van der Waals surface area (Å²) in [4.78, 5) is 19.3. The number of fused-ring (bicyclic) bond motifs is 1. The second kappa shape index (κ2) is 6.83. The fraction of sp³-hybridized carbons (Fsp3) is 0.176. The molecule has 6 heteroatoms. The van der Waals surface area contributed by atoms with Crippen LogP contribution in [0, 0.1) is 0 Å². The zero-order valence-electron chi connectivity index (χ0n) is 12.5. The third-order valence-electron chi connectivity index (χ3n) is 3.24. The van der Waals surface area contributed by atoms with Crippen molar-refractivity contribution in [3.8, 4) is 17.1 Å². The predicted molar refractivity (Wildman–Crippen MR) is 91.4 cm³/mol. The van der Waals surface area contributed by atoms with Gasteiger partial charge in [0, 0.05) is 4.47 Å². The Kier molecular flexibility index (Phi) is 4.62. The number of esters is 1. The van der Waals surface area contributed by atoms with Crippen molar-refractivity contribution in [2.45, 2.75) is 6.92 Å². The Bertz CT molecular complexity index is 812. The second-order valence-corrected chi connectivity index (χ2v) is 5.75. The van der Waals surface area contributed by atoms with Crippen LogP contribution in [0.2, 0.25) is 0 Å². The first-order valence-electron chi connectivity index (χ1n) is 7.20. The van der Waals surface area contributed by atoms with E-state index in [1.165, 1.54) is 0 Å². The van der Waals surface area contributed by atoms with Crippen molar-refractivity contribution in [3.05, 3.63) is 46.9 Å². The Balaban J connectivity index is 1.94. The Morgan fingerprint density at radius 1 is 1.26 bits per heavy atom. The molecule has 0 spiro atoms. The standard InChI is InChI=1S/C17H15BrN2O3/c1-2-22-16(21)10-23-15-8-7-11(18)9-12(15)17-19-13-5-3-4-6-14(13)20-17/h3-9H,2,10H2,1H3,(H,19,20). The number of halogens is 1. The Hall–Kier alpha value is -2.34. The highest BCUT2D eigenvalue weighted by molar-refractivity contribution is 9.10. The number of nitrogens with zero attached hydrogens (tertiary/aromatic N) is 1. The van der Waals surface area contributed by atoms with Crippen molar-refractivity contribution < 1.29 is 14.3 Å². The van der Waals surface area contributed by atoms with Crippen LogP contribution < -0.4 is 4.74 Å².